The molecule has 0 unspecified atom stereocenters. The molecule has 0 saturated carbocycles. The van der Waals surface area contributed by atoms with Crippen molar-refractivity contribution in [3.05, 3.63) is 0 Å². The van der Waals surface area contributed by atoms with Crippen LogP contribution in [-0.4, -0.2) is 23.1 Å². The molecule has 1 N–H and O–H groups in total. The van der Waals surface area contributed by atoms with E-state index in [0.717, 1.165) is 6.42 Å². The van der Waals surface area contributed by atoms with Crippen LogP contribution in [0.5, 0.6) is 0 Å². The van der Waals surface area contributed by atoms with E-state index >= 15 is 0 Å². The molecule has 5 heteroatoms. The van der Waals surface area contributed by atoms with Crippen molar-refractivity contribution in [3.63, 3.8) is 0 Å². The van der Waals surface area contributed by atoms with Crippen LogP contribution in [-0.2, 0) is 0 Å². The Balaban J connectivity index is 0. The molecular formula is C8H18AlCl3O. The fraction of sp³-hybridized carbons (Fsp3) is 1.00. The molecule has 0 amide bonds. The summed E-state index contributed by atoms with van der Waals surface area (Å²) in [5, 5.41) is 8.42. The Morgan fingerprint density at radius 3 is 1.69 bits per heavy atom. The fourth-order valence-electron chi connectivity index (χ4n) is 0.892. The van der Waals surface area contributed by atoms with Crippen LogP contribution >= 0.6 is 30.1 Å². The second-order valence-electron chi connectivity index (χ2n) is 2.74. The third-order valence-corrected chi connectivity index (χ3v) is 1.51. The Kier molecular flexibility index (Phi) is 20.4. The van der Waals surface area contributed by atoms with Crippen molar-refractivity contribution >= 4 is 41.5 Å². The van der Waals surface area contributed by atoms with Crippen LogP contribution < -0.4 is 0 Å². The Morgan fingerprint density at radius 2 is 1.31 bits per heavy atom. The quantitative estimate of drug-likeness (QED) is 0.567. The van der Waals surface area contributed by atoms with Gasteiger partial charge in [-0.3, -0.25) is 0 Å². The van der Waals surface area contributed by atoms with Gasteiger partial charge in [-0.15, -0.1) is 0 Å². The molecule has 0 aromatic rings. The molecule has 0 bridgehead atoms. The average Bonchev–Trinajstić information content (AvgIpc) is 2.03. The highest BCUT2D eigenvalue weighted by Crippen LogP contribution is 2.03. The highest BCUT2D eigenvalue weighted by Gasteiger charge is 2.00. The zero-order chi connectivity index (χ0) is 10.5. The van der Waals surface area contributed by atoms with Gasteiger partial charge in [0.05, 0.1) is 0 Å². The van der Waals surface area contributed by atoms with E-state index in [0.29, 0.717) is 6.61 Å². The highest BCUT2D eigenvalue weighted by atomic mass is 35.8. The second-order valence-corrected chi connectivity index (χ2v) is 9.17. The van der Waals surface area contributed by atoms with Gasteiger partial charge in [-0.2, -0.15) is 0 Å². The van der Waals surface area contributed by atoms with Gasteiger partial charge in [0, 0.05) is 6.61 Å². The third kappa shape index (κ3) is 31.8. The second kappa shape index (κ2) is 15.8. The predicted molar refractivity (Wildman–Crippen MR) is 63.8 cm³/mol. The first-order valence-corrected chi connectivity index (χ1v) is 9.92. The van der Waals surface area contributed by atoms with Crippen LogP contribution in [0.4, 0.5) is 0 Å². The molecule has 13 heavy (non-hydrogen) atoms. The number of rotatable bonds is 6. The summed E-state index contributed by atoms with van der Waals surface area (Å²) in [5.41, 5.74) is 0. The van der Waals surface area contributed by atoms with Crippen molar-refractivity contribution in [1.29, 1.82) is 0 Å². The largest absolute Gasteiger partial charge is 0.643 e. The standard InChI is InChI=1S/C8H18O.Al.3ClH/c1-2-3-4-5-6-7-8-9;;;;/h9H,2-8H2,1H3;;3*1H/q;+3;;;/p-3. The summed E-state index contributed by atoms with van der Waals surface area (Å²) >= 11 is -1.72. The normalized spacial score (nSPS) is 9.00. The Bertz CT molecular complexity index is 75.0. The number of hydrogen-bond donors (Lipinski definition) is 1. The summed E-state index contributed by atoms with van der Waals surface area (Å²) < 4.78 is 0. The van der Waals surface area contributed by atoms with Crippen LogP contribution in [0.15, 0.2) is 0 Å². The molecule has 0 saturated heterocycles. The van der Waals surface area contributed by atoms with E-state index in [4.69, 9.17) is 35.3 Å². The van der Waals surface area contributed by atoms with Gasteiger partial charge in [-0.25, -0.2) is 30.1 Å². The molecule has 0 atom stereocenters. The lowest BCUT2D eigenvalue weighted by Gasteiger charge is -1.95. The van der Waals surface area contributed by atoms with Crippen molar-refractivity contribution in [2.75, 3.05) is 6.61 Å². The number of halogens is 3. The summed E-state index contributed by atoms with van der Waals surface area (Å²) in [7, 11) is 14.8. The van der Waals surface area contributed by atoms with Crippen LogP contribution in [0.2, 0.25) is 0 Å². The van der Waals surface area contributed by atoms with E-state index in [1.165, 1.54) is 32.1 Å². The van der Waals surface area contributed by atoms with Crippen LogP contribution in [0.3, 0.4) is 0 Å². The first kappa shape index (κ1) is 16.8. The first-order chi connectivity index (χ1) is 6.15. The molecule has 0 rings (SSSR count). The predicted octanol–water partition coefficient (Wildman–Crippen LogP) is 4.03. The van der Waals surface area contributed by atoms with Gasteiger partial charge in [0.25, 0.3) is 0 Å². The van der Waals surface area contributed by atoms with Crippen molar-refractivity contribution in [2.45, 2.75) is 45.4 Å². The molecule has 0 fully saturated rings. The molecule has 0 heterocycles. The minimum absolute atomic E-state index is 0.367. The molecule has 0 aliphatic carbocycles. The van der Waals surface area contributed by atoms with Gasteiger partial charge in [-0.1, -0.05) is 39.0 Å². The van der Waals surface area contributed by atoms with E-state index in [9.17, 15) is 0 Å². The molecule has 80 valence electrons. The lowest BCUT2D eigenvalue weighted by Crippen LogP contribution is -1.82. The Hall–Kier alpha value is 1.36. The number of aliphatic hydroxyl groups is 1. The zero-order valence-electron chi connectivity index (χ0n) is 8.11. The molecule has 0 spiro atoms. The summed E-state index contributed by atoms with van der Waals surface area (Å²) in [6.07, 6.45) is 7.50. The van der Waals surface area contributed by atoms with Gasteiger partial charge in [0.2, 0.25) is 0 Å². The SMILES string of the molecule is CCCCCCCCO.[Cl][Al]([Cl])[Cl]. The smallest absolute Gasteiger partial charge is 0.396 e. The molecule has 1 nitrogen and oxygen atoms in total. The average molecular weight is 264 g/mol. The minimum atomic E-state index is -1.72. The lowest BCUT2D eigenvalue weighted by atomic mass is 10.1. The topological polar surface area (TPSA) is 20.2 Å². The zero-order valence-corrected chi connectivity index (χ0v) is 11.5. The Labute approximate surface area is 98.4 Å². The summed E-state index contributed by atoms with van der Waals surface area (Å²) in [6.45, 7) is 2.58. The molecule has 0 radical (unpaired) electrons. The number of aliphatic hydroxyl groups excluding tert-OH is 1. The fourth-order valence-corrected chi connectivity index (χ4v) is 0.892. The molecular weight excluding hydrogens is 245 g/mol. The van der Waals surface area contributed by atoms with Crippen LogP contribution in [0.25, 0.3) is 0 Å². The summed E-state index contributed by atoms with van der Waals surface area (Å²) in [5.74, 6) is 0. The summed E-state index contributed by atoms with van der Waals surface area (Å²) in [6, 6.07) is 0. The first-order valence-electron chi connectivity index (χ1n) is 4.68. The number of unbranched alkanes of at least 4 members (excludes halogenated alkanes) is 5. The lowest BCUT2D eigenvalue weighted by molar-refractivity contribution is 0.282. The van der Waals surface area contributed by atoms with Gasteiger partial charge in [0.15, 0.2) is 0 Å². The van der Waals surface area contributed by atoms with Crippen molar-refractivity contribution in [3.8, 4) is 0 Å². The molecule has 0 aromatic carbocycles. The van der Waals surface area contributed by atoms with Gasteiger partial charge < -0.3 is 5.11 Å². The highest BCUT2D eigenvalue weighted by molar-refractivity contribution is 7.54. The van der Waals surface area contributed by atoms with Crippen molar-refractivity contribution in [2.24, 2.45) is 0 Å². The van der Waals surface area contributed by atoms with Crippen molar-refractivity contribution < 1.29 is 5.11 Å². The van der Waals surface area contributed by atoms with Gasteiger partial charge >= 0.3 is 11.4 Å². The van der Waals surface area contributed by atoms with E-state index in [2.05, 4.69) is 6.92 Å². The van der Waals surface area contributed by atoms with Crippen molar-refractivity contribution in [1.82, 2.24) is 0 Å². The maximum absolute atomic E-state index is 8.42. The monoisotopic (exact) mass is 262 g/mol. The molecule has 0 aliphatic heterocycles. The van der Waals surface area contributed by atoms with Crippen LogP contribution in [0, 0.1) is 0 Å². The maximum atomic E-state index is 8.42. The summed E-state index contributed by atoms with van der Waals surface area (Å²) in [4.78, 5) is 0. The minimum Gasteiger partial charge on any atom is -0.396 e. The Morgan fingerprint density at radius 1 is 0.923 bits per heavy atom. The van der Waals surface area contributed by atoms with E-state index in [-0.39, 0.29) is 0 Å². The van der Waals surface area contributed by atoms with E-state index < -0.39 is 11.4 Å². The van der Waals surface area contributed by atoms with Gasteiger partial charge in [-0.05, 0) is 6.42 Å². The molecule has 0 aromatic heterocycles. The van der Waals surface area contributed by atoms with Crippen LogP contribution in [0.1, 0.15) is 45.4 Å². The van der Waals surface area contributed by atoms with E-state index in [1.807, 2.05) is 0 Å². The third-order valence-electron chi connectivity index (χ3n) is 1.51. The molecule has 0 aliphatic rings. The maximum Gasteiger partial charge on any atom is 0.643 e. The number of hydrogen-bond acceptors (Lipinski definition) is 1. The van der Waals surface area contributed by atoms with E-state index in [1.54, 1.807) is 0 Å². The van der Waals surface area contributed by atoms with Gasteiger partial charge in [0.1, 0.15) is 0 Å².